The molecule has 0 aromatic heterocycles. The molecule has 2 aliphatic rings. The van der Waals surface area contributed by atoms with E-state index in [0.717, 1.165) is 0 Å². The lowest BCUT2D eigenvalue weighted by Crippen LogP contribution is -2.47. The average molecular weight is 405 g/mol. The van der Waals surface area contributed by atoms with Crippen LogP contribution in [0.5, 0.6) is 0 Å². The van der Waals surface area contributed by atoms with Crippen molar-refractivity contribution in [3.05, 3.63) is 29.8 Å². The Hall–Kier alpha value is -2.55. The van der Waals surface area contributed by atoms with E-state index in [1.165, 1.54) is 4.90 Å². The highest BCUT2D eigenvalue weighted by atomic mass is 32.2. The van der Waals surface area contributed by atoms with Crippen molar-refractivity contribution in [2.45, 2.75) is 30.7 Å². The molecule has 8 nitrogen and oxygen atoms in total. The van der Waals surface area contributed by atoms with E-state index in [2.05, 4.69) is 5.32 Å². The second kappa shape index (κ2) is 7.83. The lowest BCUT2D eigenvalue weighted by atomic mass is 10.2. The van der Waals surface area contributed by atoms with E-state index in [1.54, 1.807) is 55.0 Å². The molecule has 2 saturated heterocycles. The van der Waals surface area contributed by atoms with E-state index in [-0.39, 0.29) is 16.7 Å². The number of hydrogen-bond acceptors (Lipinski definition) is 6. The minimum atomic E-state index is -0.644. The third kappa shape index (κ3) is 3.99. The summed E-state index contributed by atoms with van der Waals surface area (Å²) in [4.78, 5) is 51.1. The molecule has 0 radical (unpaired) electrons. The standard InChI is InChI=1S/C19H23N3O5S/c1-19-9-8-16(24)22(19)14(11-28-19)18(26)27-10-15(23)20-13-6-4-12(5-7-13)17(25)21(2)3/h4-7,14H,8-11H2,1-3H3,(H,20,23)/t14-,19+/m1/s1. The highest BCUT2D eigenvalue weighted by Gasteiger charge is 2.53. The number of anilines is 1. The summed E-state index contributed by atoms with van der Waals surface area (Å²) in [7, 11) is 3.32. The van der Waals surface area contributed by atoms with Crippen LogP contribution in [-0.2, 0) is 19.1 Å². The lowest BCUT2D eigenvalue weighted by molar-refractivity contribution is -0.155. The molecule has 3 rings (SSSR count). The van der Waals surface area contributed by atoms with Gasteiger partial charge >= 0.3 is 5.97 Å². The molecule has 28 heavy (non-hydrogen) atoms. The molecule has 1 aromatic carbocycles. The van der Waals surface area contributed by atoms with Crippen LogP contribution >= 0.6 is 11.8 Å². The van der Waals surface area contributed by atoms with Gasteiger partial charge in [-0.25, -0.2) is 4.79 Å². The van der Waals surface area contributed by atoms with Crippen molar-refractivity contribution in [1.29, 1.82) is 0 Å². The predicted octanol–water partition coefficient (Wildman–Crippen LogP) is 1.32. The van der Waals surface area contributed by atoms with Gasteiger partial charge in [0.25, 0.3) is 11.8 Å². The van der Waals surface area contributed by atoms with Gasteiger partial charge < -0.3 is 19.9 Å². The maximum atomic E-state index is 12.4. The zero-order valence-electron chi connectivity index (χ0n) is 16.1. The zero-order valence-corrected chi connectivity index (χ0v) is 16.9. The van der Waals surface area contributed by atoms with Crippen molar-refractivity contribution in [2.75, 3.05) is 31.8 Å². The summed E-state index contributed by atoms with van der Waals surface area (Å²) in [5, 5.41) is 2.62. The predicted molar refractivity (Wildman–Crippen MR) is 105 cm³/mol. The number of carbonyl (C=O) groups is 4. The molecule has 150 valence electrons. The topological polar surface area (TPSA) is 96.0 Å². The molecule has 0 saturated carbocycles. The van der Waals surface area contributed by atoms with Gasteiger partial charge in [0, 0.05) is 37.5 Å². The van der Waals surface area contributed by atoms with Crippen molar-refractivity contribution in [2.24, 2.45) is 0 Å². The third-order valence-corrected chi connectivity index (χ3v) is 6.39. The maximum absolute atomic E-state index is 12.4. The minimum absolute atomic E-state index is 0.0498. The summed E-state index contributed by atoms with van der Waals surface area (Å²) >= 11 is 1.57. The number of hydrogen-bond donors (Lipinski definition) is 1. The van der Waals surface area contributed by atoms with Crippen LogP contribution in [0.4, 0.5) is 5.69 Å². The van der Waals surface area contributed by atoms with Crippen LogP contribution in [0, 0.1) is 0 Å². The Kier molecular flexibility index (Phi) is 5.64. The van der Waals surface area contributed by atoms with Crippen LogP contribution in [0.15, 0.2) is 24.3 Å². The molecule has 2 fully saturated rings. The molecule has 1 aromatic rings. The van der Waals surface area contributed by atoms with Crippen LogP contribution in [0.2, 0.25) is 0 Å². The van der Waals surface area contributed by atoms with Crippen molar-refractivity contribution >= 4 is 41.1 Å². The Balaban J connectivity index is 1.51. The number of ether oxygens (including phenoxy) is 1. The van der Waals surface area contributed by atoms with E-state index in [1.807, 2.05) is 6.92 Å². The third-order valence-electron chi connectivity index (χ3n) is 4.88. The van der Waals surface area contributed by atoms with Gasteiger partial charge in [0.2, 0.25) is 5.91 Å². The van der Waals surface area contributed by atoms with Crippen LogP contribution < -0.4 is 5.32 Å². The molecular weight excluding hydrogens is 382 g/mol. The molecule has 0 bridgehead atoms. The van der Waals surface area contributed by atoms with Gasteiger partial charge in [-0.1, -0.05) is 0 Å². The van der Waals surface area contributed by atoms with Gasteiger partial charge in [0.1, 0.15) is 6.04 Å². The number of nitrogens with zero attached hydrogens (tertiary/aromatic N) is 2. The normalized spacial score (nSPS) is 23.3. The Bertz CT molecular complexity index is 810. The zero-order chi connectivity index (χ0) is 20.5. The number of fused-ring (bicyclic) bond motifs is 1. The van der Waals surface area contributed by atoms with E-state index < -0.39 is 24.5 Å². The summed E-state index contributed by atoms with van der Waals surface area (Å²) in [6.07, 6.45) is 1.15. The molecule has 0 unspecified atom stereocenters. The first-order valence-corrected chi connectivity index (χ1v) is 9.94. The summed E-state index contributed by atoms with van der Waals surface area (Å²) in [5.41, 5.74) is 1.00. The highest BCUT2D eigenvalue weighted by molar-refractivity contribution is 8.01. The minimum Gasteiger partial charge on any atom is -0.454 e. The number of nitrogens with one attached hydrogen (secondary N) is 1. The fraction of sp³-hybridized carbons (Fsp3) is 0.474. The second-order valence-electron chi connectivity index (χ2n) is 7.20. The van der Waals surface area contributed by atoms with Crippen LogP contribution in [0.25, 0.3) is 0 Å². The van der Waals surface area contributed by atoms with Crippen molar-refractivity contribution < 1.29 is 23.9 Å². The first-order chi connectivity index (χ1) is 13.2. The average Bonchev–Trinajstić information content (AvgIpc) is 3.15. The summed E-state index contributed by atoms with van der Waals surface area (Å²) in [5.74, 6) is -0.755. The first kappa shape index (κ1) is 20.2. The summed E-state index contributed by atoms with van der Waals surface area (Å²) < 4.78 is 5.14. The fourth-order valence-corrected chi connectivity index (χ4v) is 4.80. The monoisotopic (exact) mass is 405 g/mol. The largest absolute Gasteiger partial charge is 0.454 e. The van der Waals surface area contributed by atoms with Gasteiger partial charge in [-0.05, 0) is 37.6 Å². The van der Waals surface area contributed by atoms with Crippen molar-refractivity contribution in [3.63, 3.8) is 0 Å². The van der Waals surface area contributed by atoms with Gasteiger partial charge in [-0.3, -0.25) is 14.4 Å². The Labute approximate surface area is 167 Å². The van der Waals surface area contributed by atoms with Gasteiger partial charge in [0.05, 0.1) is 4.87 Å². The van der Waals surface area contributed by atoms with E-state index in [9.17, 15) is 19.2 Å². The SMILES string of the molecule is CN(C)C(=O)c1ccc(NC(=O)COC(=O)[C@H]2CS[C@@]3(C)CCC(=O)N23)cc1. The van der Waals surface area contributed by atoms with E-state index in [0.29, 0.717) is 29.8 Å². The highest BCUT2D eigenvalue weighted by Crippen LogP contribution is 2.47. The van der Waals surface area contributed by atoms with Crippen LogP contribution in [0.3, 0.4) is 0 Å². The maximum Gasteiger partial charge on any atom is 0.330 e. The molecular formula is C19H23N3O5S. The first-order valence-electron chi connectivity index (χ1n) is 8.95. The molecule has 0 spiro atoms. The lowest BCUT2D eigenvalue weighted by Gasteiger charge is -2.29. The molecule has 2 heterocycles. The van der Waals surface area contributed by atoms with E-state index in [4.69, 9.17) is 4.74 Å². The van der Waals surface area contributed by atoms with Crippen molar-refractivity contribution in [3.8, 4) is 0 Å². The summed E-state index contributed by atoms with van der Waals surface area (Å²) in [6.45, 7) is 1.52. The van der Waals surface area contributed by atoms with E-state index >= 15 is 0 Å². The molecule has 2 atom stereocenters. The fourth-order valence-electron chi connectivity index (χ4n) is 3.38. The Morgan fingerprint density at radius 3 is 2.61 bits per heavy atom. The molecule has 3 amide bonds. The molecule has 2 aliphatic heterocycles. The number of esters is 1. The summed E-state index contributed by atoms with van der Waals surface area (Å²) in [6, 6.07) is 5.80. The van der Waals surface area contributed by atoms with Crippen LogP contribution in [0.1, 0.15) is 30.1 Å². The van der Waals surface area contributed by atoms with Gasteiger partial charge in [-0.15, -0.1) is 11.8 Å². The number of amides is 3. The Morgan fingerprint density at radius 2 is 1.96 bits per heavy atom. The molecule has 1 N–H and O–H groups in total. The quantitative estimate of drug-likeness (QED) is 0.743. The van der Waals surface area contributed by atoms with Crippen LogP contribution in [-0.4, -0.2) is 70.9 Å². The number of thioether (sulfide) groups is 1. The smallest absolute Gasteiger partial charge is 0.330 e. The number of carbonyl (C=O) groups excluding carboxylic acids is 4. The molecule has 0 aliphatic carbocycles. The number of rotatable bonds is 5. The Morgan fingerprint density at radius 1 is 1.29 bits per heavy atom. The number of benzene rings is 1. The van der Waals surface area contributed by atoms with Gasteiger partial charge in [-0.2, -0.15) is 0 Å². The second-order valence-corrected chi connectivity index (χ2v) is 8.70. The molecule has 9 heteroatoms. The van der Waals surface area contributed by atoms with Crippen molar-refractivity contribution in [1.82, 2.24) is 9.80 Å². The van der Waals surface area contributed by atoms with Gasteiger partial charge in [0.15, 0.2) is 6.61 Å².